The number of rotatable bonds is 3. The van der Waals surface area contributed by atoms with Gasteiger partial charge in [-0.15, -0.1) is 0 Å². The molecule has 28 heavy (non-hydrogen) atoms. The molecule has 0 fully saturated rings. The average molecular weight is 390 g/mol. The van der Waals surface area contributed by atoms with Crippen LogP contribution in [0, 0.1) is 13.8 Å². The molecule has 0 radical (unpaired) electrons. The third-order valence-electron chi connectivity index (χ3n) is 4.94. The van der Waals surface area contributed by atoms with Gasteiger partial charge < -0.3 is 0 Å². The molecule has 2 aromatic carbocycles. The smallest absolute Gasteiger partial charge is 0.244 e. The third kappa shape index (κ3) is 3.67. The Morgan fingerprint density at radius 3 is 1.96 bits per heavy atom. The molecule has 0 aliphatic carbocycles. The summed E-state index contributed by atoms with van der Waals surface area (Å²) in [6.07, 6.45) is 1.86. The minimum absolute atomic E-state index is 0.0505. The molecule has 0 bridgehead atoms. The number of aromatic nitrogens is 2. The SMILES string of the molecule is Cc1cc(C)nc(SC(C)C(=O)N2c3ccccc3CCc3ccccc32)n1. The van der Waals surface area contributed by atoms with Gasteiger partial charge in [0.2, 0.25) is 5.91 Å². The summed E-state index contributed by atoms with van der Waals surface area (Å²) in [7, 11) is 0. The van der Waals surface area contributed by atoms with E-state index in [1.807, 2.05) is 68.1 Å². The van der Waals surface area contributed by atoms with E-state index in [4.69, 9.17) is 0 Å². The fourth-order valence-corrected chi connectivity index (χ4v) is 4.57. The van der Waals surface area contributed by atoms with E-state index < -0.39 is 0 Å². The first-order chi connectivity index (χ1) is 13.5. The van der Waals surface area contributed by atoms with Gasteiger partial charge in [0.15, 0.2) is 5.16 Å². The van der Waals surface area contributed by atoms with E-state index in [0.29, 0.717) is 5.16 Å². The first-order valence-electron chi connectivity index (χ1n) is 9.51. The molecule has 4 rings (SSSR count). The second kappa shape index (κ2) is 7.76. The van der Waals surface area contributed by atoms with Crippen molar-refractivity contribution in [3.63, 3.8) is 0 Å². The highest BCUT2D eigenvalue weighted by Gasteiger charge is 2.29. The number of hydrogen-bond acceptors (Lipinski definition) is 4. The topological polar surface area (TPSA) is 46.1 Å². The number of para-hydroxylation sites is 2. The Bertz CT molecular complexity index is 966. The average Bonchev–Trinajstić information content (AvgIpc) is 2.83. The Hall–Kier alpha value is -2.66. The zero-order chi connectivity index (χ0) is 19.7. The van der Waals surface area contributed by atoms with Crippen molar-refractivity contribution >= 4 is 29.0 Å². The van der Waals surface area contributed by atoms with Crippen molar-refractivity contribution in [1.82, 2.24) is 9.97 Å². The molecular weight excluding hydrogens is 366 g/mol. The van der Waals surface area contributed by atoms with E-state index in [1.165, 1.54) is 22.9 Å². The van der Waals surface area contributed by atoms with Gasteiger partial charge >= 0.3 is 0 Å². The highest BCUT2D eigenvalue weighted by atomic mass is 32.2. The summed E-state index contributed by atoms with van der Waals surface area (Å²) in [5.41, 5.74) is 6.19. The van der Waals surface area contributed by atoms with Crippen molar-refractivity contribution < 1.29 is 4.79 Å². The van der Waals surface area contributed by atoms with Gasteiger partial charge in [-0.3, -0.25) is 9.69 Å². The van der Waals surface area contributed by atoms with Crippen molar-refractivity contribution in [3.05, 3.63) is 77.1 Å². The number of anilines is 2. The largest absolute Gasteiger partial charge is 0.280 e. The van der Waals surface area contributed by atoms with E-state index in [0.717, 1.165) is 35.6 Å². The minimum Gasteiger partial charge on any atom is -0.280 e. The predicted octanol–water partition coefficient (Wildman–Crippen LogP) is 5.04. The molecule has 1 aromatic heterocycles. The Balaban J connectivity index is 1.71. The van der Waals surface area contributed by atoms with Crippen LogP contribution in [-0.2, 0) is 17.6 Å². The summed E-state index contributed by atoms with van der Waals surface area (Å²) >= 11 is 1.42. The van der Waals surface area contributed by atoms with Crippen molar-refractivity contribution in [3.8, 4) is 0 Å². The zero-order valence-electron chi connectivity index (χ0n) is 16.3. The Kier molecular flexibility index (Phi) is 5.18. The van der Waals surface area contributed by atoms with Gasteiger partial charge in [-0.25, -0.2) is 9.97 Å². The number of hydrogen-bond donors (Lipinski definition) is 0. The lowest BCUT2D eigenvalue weighted by Gasteiger charge is -2.27. The van der Waals surface area contributed by atoms with Crippen molar-refractivity contribution in [2.45, 2.75) is 44.0 Å². The molecule has 1 atom stereocenters. The van der Waals surface area contributed by atoms with Crippen LogP contribution in [0.5, 0.6) is 0 Å². The third-order valence-corrected chi connectivity index (χ3v) is 5.89. The Labute approximate surface area is 170 Å². The van der Waals surface area contributed by atoms with Crippen LogP contribution in [-0.4, -0.2) is 21.1 Å². The molecule has 0 spiro atoms. The van der Waals surface area contributed by atoms with Crippen LogP contribution >= 0.6 is 11.8 Å². The van der Waals surface area contributed by atoms with E-state index in [1.54, 1.807) is 0 Å². The van der Waals surface area contributed by atoms with Crippen LogP contribution in [0.3, 0.4) is 0 Å². The molecule has 1 unspecified atom stereocenters. The molecular formula is C23H23N3OS. The highest BCUT2D eigenvalue weighted by Crippen LogP contribution is 2.37. The number of amides is 1. The molecule has 2 heterocycles. The van der Waals surface area contributed by atoms with Crippen LogP contribution in [0.1, 0.15) is 29.4 Å². The molecule has 1 aliphatic heterocycles. The van der Waals surface area contributed by atoms with Crippen LogP contribution < -0.4 is 4.90 Å². The quantitative estimate of drug-likeness (QED) is 0.465. The Morgan fingerprint density at radius 1 is 0.929 bits per heavy atom. The Morgan fingerprint density at radius 2 is 1.43 bits per heavy atom. The summed E-state index contributed by atoms with van der Waals surface area (Å²) in [5.74, 6) is 0.0505. The van der Waals surface area contributed by atoms with Gasteiger partial charge in [0.1, 0.15) is 0 Å². The van der Waals surface area contributed by atoms with E-state index in [-0.39, 0.29) is 11.2 Å². The minimum atomic E-state index is -0.305. The standard InChI is InChI=1S/C23H23N3OS/c1-15-14-16(2)25-23(24-15)28-17(3)22(27)26-20-10-6-4-8-18(20)12-13-19-9-5-7-11-21(19)26/h4-11,14,17H,12-13H2,1-3H3. The highest BCUT2D eigenvalue weighted by molar-refractivity contribution is 8.00. The van der Waals surface area contributed by atoms with Gasteiger partial charge in [0.25, 0.3) is 0 Å². The van der Waals surface area contributed by atoms with Gasteiger partial charge in [-0.2, -0.15) is 0 Å². The lowest BCUT2D eigenvalue weighted by atomic mass is 10.0. The van der Waals surface area contributed by atoms with E-state index in [9.17, 15) is 4.79 Å². The van der Waals surface area contributed by atoms with Gasteiger partial charge in [-0.05, 0) is 62.9 Å². The van der Waals surface area contributed by atoms with Crippen molar-refractivity contribution in [1.29, 1.82) is 0 Å². The zero-order valence-corrected chi connectivity index (χ0v) is 17.2. The number of nitrogens with zero attached hydrogens (tertiary/aromatic N) is 3. The summed E-state index contributed by atoms with van der Waals surface area (Å²) < 4.78 is 0. The molecule has 0 saturated heterocycles. The second-order valence-electron chi connectivity index (χ2n) is 7.12. The number of thioether (sulfide) groups is 1. The first-order valence-corrected chi connectivity index (χ1v) is 10.4. The first kappa shape index (κ1) is 18.7. The lowest BCUT2D eigenvalue weighted by Crippen LogP contribution is -2.33. The number of carbonyl (C=O) groups is 1. The second-order valence-corrected chi connectivity index (χ2v) is 8.43. The van der Waals surface area contributed by atoms with Crippen LogP contribution in [0.15, 0.2) is 59.8 Å². The van der Waals surface area contributed by atoms with Gasteiger partial charge in [-0.1, -0.05) is 48.2 Å². The summed E-state index contributed by atoms with van der Waals surface area (Å²) in [5, 5.41) is 0.343. The molecule has 5 heteroatoms. The maximum Gasteiger partial charge on any atom is 0.244 e. The van der Waals surface area contributed by atoms with Gasteiger partial charge in [0, 0.05) is 11.4 Å². The number of benzene rings is 2. The molecule has 3 aromatic rings. The van der Waals surface area contributed by atoms with Crippen molar-refractivity contribution in [2.24, 2.45) is 0 Å². The summed E-state index contributed by atoms with van der Waals surface area (Å²) in [6.45, 7) is 5.84. The fraction of sp³-hybridized carbons (Fsp3) is 0.261. The monoisotopic (exact) mass is 389 g/mol. The molecule has 0 saturated carbocycles. The van der Waals surface area contributed by atoms with Crippen LogP contribution in [0.4, 0.5) is 11.4 Å². The lowest BCUT2D eigenvalue weighted by molar-refractivity contribution is -0.117. The normalized spacial score (nSPS) is 14.0. The fourth-order valence-electron chi connectivity index (χ4n) is 3.65. The molecule has 142 valence electrons. The predicted molar refractivity (Wildman–Crippen MR) is 114 cm³/mol. The number of carbonyl (C=O) groups excluding carboxylic acids is 1. The number of fused-ring (bicyclic) bond motifs is 2. The van der Waals surface area contributed by atoms with Crippen LogP contribution in [0.2, 0.25) is 0 Å². The van der Waals surface area contributed by atoms with E-state index >= 15 is 0 Å². The molecule has 4 nitrogen and oxygen atoms in total. The molecule has 1 amide bonds. The molecule has 1 aliphatic rings. The summed E-state index contributed by atoms with van der Waals surface area (Å²) in [4.78, 5) is 24.5. The van der Waals surface area contributed by atoms with Crippen LogP contribution in [0.25, 0.3) is 0 Å². The summed E-state index contributed by atoms with van der Waals surface area (Å²) in [6, 6.07) is 18.3. The molecule has 0 N–H and O–H groups in total. The van der Waals surface area contributed by atoms with Gasteiger partial charge in [0.05, 0.1) is 16.6 Å². The maximum atomic E-state index is 13.6. The van der Waals surface area contributed by atoms with Crippen molar-refractivity contribution in [2.75, 3.05) is 4.90 Å². The maximum absolute atomic E-state index is 13.6. The van der Waals surface area contributed by atoms with E-state index in [2.05, 4.69) is 22.1 Å². The number of aryl methyl sites for hydroxylation is 4.